The van der Waals surface area contributed by atoms with Crippen LogP contribution in [0.15, 0.2) is 18.2 Å². The van der Waals surface area contributed by atoms with Gasteiger partial charge in [0, 0.05) is 13.0 Å². The van der Waals surface area contributed by atoms with Gasteiger partial charge in [-0.1, -0.05) is 18.2 Å². The van der Waals surface area contributed by atoms with E-state index < -0.39 is 5.60 Å². The lowest BCUT2D eigenvalue weighted by Crippen LogP contribution is -2.33. The summed E-state index contributed by atoms with van der Waals surface area (Å²) in [5.74, 6) is 0. The smallest absolute Gasteiger partial charge is 0.0892 e. The first kappa shape index (κ1) is 13.2. The molecule has 1 aromatic carbocycles. The fourth-order valence-corrected chi connectivity index (χ4v) is 1.88. The zero-order valence-corrected chi connectivity index (χ0v) is 10.7. The van der Waals surface area contributed by atoms with Gasteiger partial charge in [-0.25, -0.2) is 0 Å². The summed E-state index contributed by atoms with van der Waals surface area (Å²) in [7, 11) is 0. The van der Waals surface area contributed by atoms with Crippen LogP contribution in [0, 0.1) is 13.8 Å². The largest absolute Gasteiger partial charge is 0.387 e. The average molecular weight is 222 g/mol. The first-order valence-corrected chi connectivity index (χ1v) is 5.81. The minimum atomic E-state index is -0.785. The average Bonchev–Trinajstić information content (AvgIpc) is 2.21. The van der Waals surface area contributed by atoms with Crippen LogP contribution in [0.1, 0.15) is 30.5 Å². The van der Waals surface area contributed by atoms with Crippen LogP contribution in [0.2, 0.25) is 0 Å². The second-order valence-electron chi connectivity index (χ2n) is 4.68. The van der Waals surface area contributed by atoms with Gasteiger partial charge in [0.05, 0.1) is 12.2 Å². The third-order valence-electron chi connectivity index (χ3n) is 2.82. The molecule has 1 atom stereocenters. The molecule has 1 unspecified atom stereocenters. The molecule has 16 heavy (non-hydrogen) atoms. The Bertz CT molecular complexity index is 322. The van der Waals surface area contributed by atoms with Crippen LogP contribution in [0.3, 0.4) is 0 Å². The highest BCUT2D eigenvalue weighted by Crippen LogP contribution is 2.20. The van der Waals surface area contributed by atoms with Crippen molar-refractivity contribution in [3.8, 4) is 0 Å². The van der Waals surface area contributed by atoms with E-state index in [2.05, 4.69) is 26.0 Å². The molecule has 0 radical (unpaired) electrons. The molecule has 1 aromatic rings. The second kappa shape index (κ2) is 5.46. The molecule has 0 aromatic heterocycles. The molecule has 0 bridgehead atoms. The van der Waals surface area contributed by atoms with Crippen molar-refractivity contribution in [2.45, 2.75) is 39.7 Å². The molecule has 1 rings (SSSR count). The van der Waals surface area contributed by atoms with E-state index in [9.17, 15) is 5.11 Å². The number of ether oxygens (including phenoxy) is 1. The molecule has 1 N–H and O–H groups in total. The lowest BCUT2D eigenvalue weighted by atomic mass is 9.91. The summed E-state index contributed by atoms with van der Waals surface area (Å²) < 4.78 is 5.30. The Morgan fingerprint density at radius 3 is 2.31 bits per heavy atom. The second-order valence-corrected chi connectivity index (χ2v) is 4.68. The van der Waals surface area contributed by atoms with Crippen molar-refractivity contribution in [3.05, 3.63) is 34.9 Å². The minimum absolute atomic E-state index is 0.386. The molecule has 2 heteroatoms. The van der Waals surface area contributed by atoms with Gasteiger partial charge in [-0.15, -0.1) is 0 Å². The minimum Gasteiger partial charge on any atom is -0.387 e. The Kier molecular flexibility index (Phi) is 4.51. The molecule has 0 spiro atoms. The summed E-state index contributed by atoms with van der Waals surface area (Å²) >= 11 is 0. The molecule has 0 heterocycles. The van der Waals surface area contributed by atoms with Gasteiger partial charge in [0.1, 0.15) is 0 Å². The SMILES string of the molecule is CCOCC(C)(O)Cc1c(C)cccc1C. The maximum absolute atomic E-state index is 10.2. The van der Waals surface area contributed by atoms with Crippen LogP contribution < -0.4 is 0 Å². The zero-order valence-electron chi connectivity index (χ0n) is 10.7. The lowest BCUT2D eigenvalue weighted by Gasteiger charge is -2.24. The Morgan fingerprint density at radius 1 is 1.25 bits per heavy atom. The van der Waals surface area contributed by atoms with Gasteiger partial charge < -0.3 is 9.84 Å². The van der Waals surface area contributed by atoms with Gasteiger partial charge in [-0.05, 0) is 44.4 Å². The Morgan fingerprint density at radius 2 is 1.81 bits per heavy atom. The molecule has 0 amide bonds. The number of aliphatic hydroxyl groups is 1. The molecule has 2 nitrogen and oxygen atoms in total. The van der Waals surface area contributed by atoms with Crippen molar-refractivity contribution < 1.29 is 9.84 Å². The summed E-state index contributed by atoms with van der Waals surface area (Å²) in [5, 5.41) is 10.2. The molecule has 0 aliphatic rings. The van der Waals surface area contributed by atoms with E-state index in [1.807, 2.05) is 19.9 Å². The molecule has 90 valence electrons. The van der Waals surface area contributed by atoms with Gasteiger partial charge >= 0.3 is 0 Å². The van der Waals surface area contributed by atoms with E-state index >= 15 is 0 Å². The summed E-state index contributed by atoms with van der Waals surface area (Å²) in [4.78, 5) is 0. The van der Waals surface area contributed by atoms with Crippen LogP contribution in [-0.4, -0.2) is 23.9 Å². The van der Waals surface area contributed by atoms with Crippen molar-refractivity contribution in [1.29, 1.82) is 0 Å². The van der Waals surface area contributed by atoms with E-state index in [0.717, 1.165) is 0 Å². The van der Waals surface area contributed by atoms with Gasteiger partial charge in [0.25, 0.3) is 0 Å². The number of benzene rings is 1. The van der Waals surface area contributed by atoms with Crippen LogP contribution in [0.25, 0.3) is 0 Å². The topological polar surface area (TPSA) is 29.5 Å². The zero-order chi connectivity index (χ0) is 12.2. The van der Waals surface area contributed by atoms with E-state index in [1.54, 1.807) is 0 Å². The summed E-state index contributed by atoms with van der Waals surface area (Å²) in [6, 6.07) is 6.21. The number of aryl methyl sites for hydroxylation is 2. The highest BCUT2D eigenvalue weighted by molar-refractivity contribution is 5.34. The van der Waals surface area contributed by atoms with E-state index in [0.29, 0.717) is 19.6 Å². The molecule has 0 saturated carbocycles. The van der Waals surface area contributed by atoms with Crippen LogP contribution in [0.4, 0.5) is 0 Å². The quantitative estimate of drug-likeness (QED) is 0.830. The fourth-order valence-electron chi connectivity index (χ4n) is 1.88. The summed E-state index contributed by atoms with van der Waals surface area (Å²) in [5.41, 5.74) is 2.91. The molecule has 0 fully saturated rings. The number of rotatable bonds is 5. The molecule has 0 aliphatic carbocycles. The fraction of sp³-hybridized carbons (Fsp3) is 0.571. The van der Waals surface area contributed by atoms with E-state index in [-0.39, 0.29) is 0 Å². The highest BCUT2D eigenvalue weighted by atomic mass is 16.5. The standard InChI is InChI=1S/C14H22O2/c1-5-16-10-14(4,15)9-13-11(2)7-6-8-12(13)3/h6-8,15H,5,9-10H2,1-4H3. The lowest BCUT2D eigenvalue weighted by molar-refractivity contribution is -0.0298. The van der Waals surface area contributed by atoms with Crippen molar-refractivity contribution in [2.24, 2.45) is 0 Å². The molecule has 0 saturated heterocycles. The number of hydrogen-bond donors (Lipinski definition) is 1. The summed E-state index contributed by atoms with van der Waals surface area (Å²) in [6.45, 7) is 8.96. The van der Waals surface area contributed by atoms with Crippen molar-refractivity contribution in [1.82, 2.24) is 0 Å². The number of hydrogen-bond acceptors (Lipinski definition) is 2. The highest BCUT2D eigenvalue weighted by Gasteiger charge is 2.22. The maximum Gasteiger partial charge on any atom is 0.0892 e. The molecular formula is C14H22O2. The normalized spacial score (nSPS) is 14.8. The predicted molar refractivity (Wildman–Crippen MR) is 66.7 cm³/mol. The Hall–Kier alpha value is -0.860. The third kappa shape index (κ3) is 3.62. The Balaban J connectivity index is 2.79. The van der Waals surface area contributed by atoms with Crippen molar-refractivity contribution in [3.63, 3.8) is 0 Å². The maximum atomic E-state index is 10.2. The first-order chi connectivity index (χ1) is 7.46. The predicted octanol–water partition coefficient (Wildman–Crippen LogP) is 2.63. The van der Waals surface area contributed by atoms with Crippen LogP contribution in [0.5, 0.6) is 0 Å². The Labute approximate surface area is 98.3 Å². The van der Waals surface area contributed by atoms with Crippen molar-refractivity contribution in [2.75, 3.05) is 13.2 Å². The van der Waals surface area contributed by atoms with Gasteiger partial charge in [0.2, 0.25) is 0 Å². The van der Waals surface area contributed by atoms with Crippen LogP contribution in [-0.2, 0) is 11.2 Å². The third-order valence-corrected chi connectivity index (χ3v) is 2.82. The van der Waals surface area contributed by atoms with E-state index in [4.69, 9.17) is 4.74 Å². The molecular weight excluding hydrogens is 200 g/mol. The van der Waals surface area contributed by atoms with Gasteiger partial charge in [-0.3, -0.25) is 0 Å². The van der Waals surface area contributed by atoms with Crippen molar-refractivity contribution >= 4 is 0 Å². The van der Waals surface area contributed by atoms with E-state index in [1.165, 1.54) is 16.7 Å². The van der Waals surface area contributed by atoms with Gasteiger partial charge in [-0.2, -0.15) is 0 Å². The first-order valence-electron chi connectivity index (χ1n) is 5.81. The monoisotopic (exact) mass is 222 g/mol. The van der Waals surface area contributed by atoms with Crippen LogP contribution >= 0.6 is 0 Å². The molecule has 0 aliphatic heterocycles. The van der Waals surface area contributed by atoms with Gasteiger partial charge in [0.15, 0.2) is 0 Å². The summed E-state index contributed by atoms with van der Waals surface area (Å²) in [6.07, 6.45) is 0.644.